The maximum atomic E-state index is 9.67. The summed E-state index contributed by atoms with van der Waals surface area (Å²) in [6, 6.07) is 56.6. The minimum absolute atomic E-state index is 0.0175. The lowest BCUT2D eigenvalue weighted by molar-refractivity contribution is 0.613. The Balaban J connectivity index is 1.35. The second kappa shape index (κ2) is 16.7. The highest BCUT2D eigenvalue weighted by Gasteiger charge is 2.46. The highest BCUT2D eigenvalue weighted by molar-refractivity contribution is 6.10. The van der Waals surface area contributed by atoms with E-state index in [1.54, 1.807) is 17.1 Å². The van der Waals surface area contributed by atoms with E-state index in [0.29, 0.717) is 5.70 Å². The van der Waals surface area contributed by atoms with Crippen LogP contribution in [0.5, 0.6) is 0 Å². The molecule has 7 aromatic carbocycles. The molecule has 7 aromatic rings. The van der Waals surface area contributed by atoms with E-state index in [0.717, 1.165) is 78.2 Å². The maximum Gasteiger partial charge on any atom is 0.0714 e. The van der Waals surface area contributed by atoms with Crippen molar-refractivity contribution >= 4 is 38.8 Å². The first-order valence-corrected chi connectivity index (χ1v) is 19.3. The van der Waals surface area contributed by atoms with Gasteiger partial charge in [0.25, 0.3) is 0 Å². The lowest BCUT2D eigenvalue weighted by Gasteiger charge is -2.35. The number of benzene rings is 7. The quantitative estimate of drug-likeness (QED) is 0.0839. The predicted octanol–water partition coefficient (Wildman–Crippen LogP) is 14.7. The van der Waals surface area contributed by atoms with Crippen LogP contribution in [0.15, 0.2) is 262 Å². The summed E-state index contributed by atoms with van der Waals surface area (Å²) in [6.07, 6.45) is 11.0. The van der Waals surface area contributed by atoms with Gasteiger partial charge in [-0.25, -0.2) is 0 Å². The largest absolute Gasteiger partial charge is 0.318 e. The van der Waals surface area contributed by atoms with Gasteiger partial charge >= 0.3 is 0 Å². The van der Waals surface area contributed by atoms with Crippen LogP contribution in [0, 0.1) is 0 Å². The number of allylic oxidation sites excluding steroid dienone is 10. The number of nitrogens with zero attached hydrogens (tertiary/aromatic N) is 1. The Hall–Kier alpha value is -7.48. The third-order valence-corrected chi connectivity index (χ3v) is 10.9. The van der Waals surface area contributed by atoms with Gasteiger partial charge in [-0.2, -0.15) is 0 Å². The van der Waals surface area contributed by atoms with Gasteiger partial charge in [-0.3, -0.25) is 0 Å². The Morgan fingerprint density at radius 1 is 0.638 bits per heavy atom. The summed E-state index contributed by atoms with van der Waals surface area (Å²) in [5.41, 5.74) is 8.21. The van der Waals surface area contributed by atoms with E-state index < -0.39 is 5.41 Å². The molecule has 0 aromatic heterocycles. The van der Waals surface area contributed by atoms with Crippen LogP contribution in [-0.2, 0) is 5.41 Å². The van der Waals surface area contributed by atoms with Crippen LogP contribution in [-0.4, -0.2) is 4.90 Å². The lowest BCUT2D eigenvalue weighted by atomic mass is 9.67. The molecule has 1 aliphatic carbocycles. The van der Waals surface area contributed by atoms with Crippen LogP contribution in [0.1, 0.15) is 38.9 Å². The normalized spacial score (nSPS) is 15.4. The van der Waals surface area contributed by atoms with Crippen molar-refractivity contribution in [1.29, 1.82) is 0 Å². The van der Waals surface area contributed by atoms with Crippen LogP contribution in [0.2, 0.25) is 0 Å². The third-order valence-electron chi connectivity index (χ3n) is 10.9. The summed E-state index contributed by atoms with van der Waals surface area (Å²) in [5, 5.41) is 4.09. The van der Waals surface area contributed by atoms with Crippen LogP contribution >= 0.6 is 0 Å². The Morgan fingerprint density at radius 2 is 1.24 bits per heavy atom. The van der Waals surface area contributed by atoms with Crippen molar-refractivity contribution < 1.29 is 5.48 Å². The second-order valence-electron chi connectivity index (χ2n) is 14.1. The van der Waals surface area contributed by atoms with E-state index in [4.69, 9.17) is 1.37 Å². The molecule has 278 valence electrons. The predicted molar refractivity (Wildman–Crippen MR) is 250 cm³/mol. The van der Waals surface area contributed by atoms with E-state index >= 15 is 0 Å². The molecule has 0 heterocycles. The van der Waals surface area contributed by atoms with E-state index in [1.807, 2.05) is 140 Å². The standard InChI is InChI=1S/C57H45N/c1-5-49(31-22-26-46-41-45-25-16-17-32-51(45)53-34-19-18-33-52(46)53)58(43(4)38-37-42(3)44-23-10-7-11-24-44)40-39-56-50(6-2)54-35-20-21-36-55(54)57(56,47-27-12-8-13-28-47)48-29-14-9-15-30-48/h5-41H,1-4H2/b26-22+,38-37-,40-39+,49-31+/i1D,5D,22D,31D/b5-1?,26-22+,38-37-,40-39+,49-31+. The van der Waals surface area contributed by atoms with Gasteiger partial charge in [-0.05, 0) is 102 Å². The number of hydrogen-bond donors (Lipinski definition) is 0. The van der Waals surface area contributed by atoms with Gasteiger partial charge in [0.1, 0.15) is 0 Å². The van der Waals surface area contributed by atoms with Gasteiger partial charge in [0.05, 0.1) is 10.9 Å². The second-order valence-corrected chi connectivity index (χ2v) is 14.1. The van der Waals surface area contributed by atoms with Crippen LogP contribution in [0.25, 0.3) is 38.8 Å². The van der Waals surface area contributed by atoms with E-state index in [1.165, 1.54) is 0 Å². The number of rotatable bonds is 13. The first-order chi connectivity index (χ1) is 30.3. The van der Waals surface area contributed by atoms with Crippen molar-refractivity contribution in [2.75, 3.05) is 0 Å². The molecule has 0 bridgehead atoms. The SMILES string of the molecule is [2H]C=C([2H])/C(=C([2H])\C([2H])=C\c1cc2ccccc2c2ccccc12)N(/C=C/C1=C(C=C)c2ccccc2C1(c1ccccc1)c1ccccc1)C(=C)/C=C\C(=C)c1ccccc1. The van der Waals surface area contributed by atoms with Crippen molar-refractivity contribution in [1.82, 2.24) is 4.90 Å². The fourth-order valence-electron chi connectivity index (χ4n) is 8.18. The Morgan fingerprint density at radius 3 is 1.93 bits per heavy atom. The zero-order valence-corrected chi connectivity index (χ0v) is 32.3. The summed E-state index contributed by atoms with van der Waals surface area (Å²) in [6.45, 7) is 14.0. The van der Waals surface area contributed by atoms with Gasteiger partial charge in [-0.1, -0.05) is 214 Å². The first kappa shape index (κ1) is 32.7. The highest BCUT2D eigenvalue weighted by atomic mass is 15.1. The average Bonchev–Trinajstić information content (AvgIpc) is 3.62. The van der Waals surface area contributed by atoms with Crippen molar-refractivity contribution in [3.05, 3.63) is 295 Å². The molecular weight excluding hydrogens is 699 g/mol. The fourth-order valence-corrected chi connectivity index (χ4v) is 8.18. The van der Waals surface area contributed by atoms with Gasteiger partial charge in [-0.15, -0.1) is 0 Å². The van der Waals surface area contributed by atoms with E-state index in [2.05, 4.69) is 74.3 Å². The Bertz CT molecular complexity index is 3000. The molecule has 1 nitrogen and oxygen atoms in total. The minimum atomic E-state index is -0.774. The highest BCUT2D eigenvalue weighted by Crippen LogP contribution is 2.55. The number of fused-ring (bicyclic) bond motifs is 4. The summed E-state index contributed by atoms with van der Waals surface area (Å²) in [5.74, 6) is 0. The van der Waals surface area contributed by atoms with Crippen molar-refractivity contribution in [3.63, 3.8) is 0 Å². The average molecular weight is 748 g/mol. The topological polar surface area (TPSA) is 3.24 Å². The van der Waals surface area contributed by atoms with Crippen LogP contribution in [0.4, 0.5) is 0 Å². The first-order valence-electron chi connectivity index (χ1n) is 21.4. The van der Waals surface area contributed by atoms with E-state index in [9.17, 15) is 4.11 Å². The van der Waals surface area contributed by atoms with Crippen molar-refractivity contribution in [2.45, 2.75) is 5.41 Å². The lowest BCUT2D eigenvalue weighted by Crippen LogP contribution is -2.29. The smallest absolute Gasteiger partial charge is 0.0714 e. The Labute approximate surface area is 348 Å². The molecule has 0 radical (unpaired) electrons. The molecule has 0 unspecified atom stereocenters. The van der Waals surface area contributed by atoms with Gasteiger partial charge < -0.3 is 4.90 Å². The monoisotopic (exact) mass is 747 g/mol. The molecule has 0 fully saturated rings. The zero-order valence-electron chi connectivity index (χ0n) is 36.3. The minimum Gasteiger partial charge on any atom is -0.318 e. The van der Waals surface area contributed by atoms with Crippen molar-refractivity contribution in [3.8, 4) is 0 Å². The van der Waals surface area contributed by atoms with Gasteiger partial charge in [0.15, 0.2) is 0 Å². The Kier molecular flexibility index (Phi) is 9.43. The molecule has 0 spiro atoms. The molecule has 0 saturated carbocycles. The van der Waals surface area contributed by atoms with Gasteiger partial charge in [0, 0.05) is 17.6 Å². The van der Waals surface area contributed by atoms with Gasteiger partial charge in [0.2, 0.25) is 0 Å². The summed E-state index contributed by atoms with van der Waals surface area (Å²) >= 11 is 0. The maximum absolute atomic E-state index is 9.67. The molecular formula is C57H45N. The van der Waals surface area contributed by atoms with Crippen LogP contribution < -0.4 is 0 Å². The summed E-state index contributed by atoms with van der Waals surface area (Å²) < 4.78 is 36.7. The zero-order chi connectivity index (χ0) is 43.2. The fraction of sp³-hybridized carbons (Fsp3) is 0.0175. The summed E-state index contributed by atoms with van der Waals surface area (Å²) in [7, 11) is 0. The molecule has 8 rings (SSSR count). The molecule has 0 saturated heterocycles. The molecule has 0 atom stereocenters. The third kappa shape index (κ3) is 6.95. The molecule has 0 N–H and O–H groups in total. The van der Waals surface area contributed by atoms with Crippen LogP contribution in [0.3, 0.4) is 0 Å². The van der Waals surface area contributed by atoms with E-state index in [-0.39, 0.29) is 23.9 Å². The molecule has 1 aliphatic rings. The molecule has 1 heteroatoms. The molecule has 58 heavy (non-hydrogen) atoms. The summed E-state index contributed by atoms with van der Waals surface area (Å²) in [4.78, 5) is 1.64. The van der Waals surface area contributed by atoms with Crippen molar-refractivity contribution in [2.24, 2.45) is 0 Å². The molecule has 0 aliphatic heterocycles. The number of hydrogen-bond acceptors (Lipinski definition) is 1. The molecule has 0 amide bonds.